The van der Waals surface area contributed by atoms with E-state index < -0.39 is 0 Å². The van der Waals surface area contributed by atoms with Gasteiger partial charge in [0.15, 0.2) is 0 Å². The molecule has 1 heteroatoms. The van der Waals surface area contributed by atoms with E-state index in [1.807, 2.05) is 0 Å². The van der Waals surface area contributed by atoms with E-state index in [-0.39, 0.29) is 0 Å². The standard InChI is InChI=1S/C14H25N/c1-12(2)15(4)11-10-13(3)14-8-6-5-7-9-14/h5-6,8,12-13H,7,9-11H2,1-4H3. The van der Waals surface area contributed by atoms with Gasteiger partial charge in [-0.3, -0.25) is 0 Å². The minimum Gasteiger partial charge on any atom is -0.304 e. The van der Waals surface area contributed by atoms with Gasteiger partial charge in [0.1, 0.15) is 0 Å². The van der Waals surface area contributed by atoms with Crippen molar-refractivity contribution in [2.45, 2.75) is 46.1 Å². The van der Waals surface area contributed by atoms with Crippen LogP contribution in [-0.2, 0) is 0 Å². The molecule has 1 rings (SSSR count). The lowest BCUT2D eigenvalue weighted by Crippen LogP contribution is -2.28. The van der Waals surface area contributed by atoms with Crippen molar-refractivity contribution in [1.82, 2.24) is 4.90 Å². The fraction of sp³-hybridized carbons (Fsp3) is 0.714. The van der Waals surface area contributed by atoms with Crippen LogP contribution >= 0.6 is 0 Å². The SMILES string of the molecule is CC(CCN(C)C(C)C)C1=CC=CCC1. The molecule has 1 unspecified atom stereocenters. The smallest absolute Gasteiger partial charge is 0.00355 e. The first kappa shape index (κ1) is 12.5. The molecular formula is C14H25N. The van der Waals surface area contributed by atoms with Gasteiger partial charge >= 0.3 is 0 Å². The predicted octanol–water partition coefficient (Wildman–Crippen LogP) is 3.63. The van der Waals surface area contributed by atoms with Crippen molar-refractivity contribution in [3.8, 4) is 0 Å². The highest BCUT2D eigenvalue weighted by Gasteiger charge is 2.11. The molecule has 0 bridgehead atoms. The molecule has 0 saturated carbocycles. The van der Waals surface area contributed by atoms with Crippen molar-refractivity contribution in [2.24, 2.45) is 5.92 Å². The van der Waals surface area contributed by atoms with Crippen molar-refractivity contribution >= 4 is 0 Å². The third-order valence-corrected chi connectivity index (χ3v) is 3.48. The van der Waals surface area contributed by atoms with Crippen LogP contribution in [0.5, 0.6) is 0 Å². The first-order valence-corrected chi connectivity index (χ1v) is 6.17. The zero-order chi connectivity index (χ0) is 11.3. The van der Waals surface area contributed by atoms with Gasteiger partial charge in [-0.2, -0.15) is 0 Å². The molecule has 86 valence electrons. The van der Waals surface area contributed by atoms with Crippen molar-refractivity contribution in [3.63, 3.8) is 0 Å². The number of nitrogens with zero attached hydrogens (tertiary/aromatic N) is 1. The zero-order valence-corrected chi connectivity index (χ0v) is 10.7. The Bertz CT molecular complexity index is 238. The van der Waals surface area contributed by atoms with E-state index in [0.717, 1.165) is 5.92 Å². The Morgan fingerprint density at radius 3 is 2.60 bits per heavy atom. The van der Waals surface area contributed by atoms with Crippen LogP contribution in [0.2, 0.25) is 0 Å². The van der Waals surface area contributed by atoms with Crippen LogP contribution in [0.4, 0.5) is 0 Å². The Morgan fingerprint density at radius 1 is 1.33 bits per heavy atom. The molecule has 1 atom stereocenters. The summed E-state index contributed by atoms with van der Waals surface area (Å²) >= 11 is 0. The summed E-state index contributed by atoms with van der Waals surface area (Å²) < 4.78 is 0. The second-order valence-electron chi connectivity index (χ2n) is 4.97. The summed E-state index contributed by atoms with van der Waals surface area (Å²) in [5.41, 5.74) is 1.63. The summed E-state index contributed by atoms with van der Waals surface area (Å²) in [5, 5.41) is 0. The minimum absolute atomic E-state index is 0.664. The summed E-state index contributed by atoms with van der Waals surface area (Å²) in [4.78, 5) is 2.43. The van der Waals surface area contributed by atoms with Crippen LogP contribution in [0.3, 0.4) is 0 Å². The van der Waals surface area contributed by atoms with E-state index in [1.165, 1.54) is 25.8 Å². The first-order chi connectivity index (χ1) is 7.11. The molecule has 0 radical (unpaired) electrons. The van der Waals surface area contributed by atoms with Gasteiger partial charge < -0.3 is 4.90 Å². The first-order valence-electron chi connectivity index (χ1n) is 6.17. The maximum absolute atomic E-state index is 2.43. The molecule has 1 aliphatic carbocycles. The molecule has 0 saturated heterocycles. The third-order valence-electron chi connectivity index (χ3n) is 3.48. The molecule has 0 spiro atoms. The lowest BCUT2D eigenvalue weighted by Gasteiger charge is -2.24. The number of rotatable bonds is 5. The number of allylic oxidation sites excluding steroid dienone is 4. The molecule has 0 fully saturated rings. The molecule has 0 heterocycles. The van der Waals surface area contributed by atoms with Crippen LogP contribution in [0.25, 0.3) is 0 Å². The van der Waals surface area contributed by atoms with Gasteiger partial charge in [-0.1, -0.05) is 30.7 Å². The van der Waals surface area contributed by atoms with Gasteiger partial charge in [0.25, 0.3) is 0 Å². The van der Waals surface area contributed by atoms with Crippen molar-refractivity contribution < 1.29 is 0 Å². The van der Waals surface area contributed by atoms with Gasteiger partial charge in [0.05, 0.1) is 0 Å². The van der Waals surface area contributed by atoms with E-state index in [9.17, 15) is 0 Å². The topological polar surface area (TPSA) is 3.24 Å². The minimum atomic E-state index is 0.664. The fourth-order valence-corrected chi connectivity index (χ4v) is 1.87. The lowest BCUT2D eigenvalue weighted by molar-refractivity contribution is 0.259. The van der Waals surface area contributed by atoms with Gasteiger partial charge in [0, 0.05) is 6.04 Å². The average Bonchev–Trinajstić information content (AvgIpc) is 2.26. The van der Waals surface area contributed by atoms with E-state index in [2.05, 4.69) is 50.9 Å². The van der Waals surface area contributed by atoms with Gasteiger partial charge in [-0.05, 0) is 52.6 Å². The third kappa shape index (κ3) is 4.21. The largest absolute Gasteiger partial charge is 0.304 e. The van der Waals surface area contributed by atoms with E-state index >= 15 is 0 Å². The zero-order valence-electron chi connectivity index (χ0n) is 10.7. The Morgan fingerprint density at radius 2 is 2.07 bits per heavy atom. The second kappa shape index (κ2) is 6.12. The van der Waals surface area contributed by atoms with E-state index in [4.69, 9.17) is 0 Å². The lowest BCUT2D eigenvalue weighted by atomic mass is 9.91. The second-order valence-corrected chi connectivity index (χ2v) is 4.97. The maximum Gasteiger partial charge on any atom is 0.00355 e. The molecule has 0 aromatic carbocycles. The molecule has 0 aromatic heterocycles. The number of hydrogen-bond acceptors (Lipinski definition) is 1. The van der Waals surface area contributed by atoms with Crippen LogP contribution in [0.1, 0.15) is 40.0 Å². The fourth-order valence-electron chi connectivity index (χ4n) is 1.87. The Labute approximate surface area is 94.9 Å². The highest BCUT2D eigenvalue weighted by Crippen LogP contribution is 2.23. The summed E-state index contributed by atoms with van der Waals surface area (Å²) in [6.07, 6.45) is 10.6. The average molecular weight is 207 g/mol. The van der Waals surface area contributed by atoms with Gasteiger partial charge in [-0.15, -0.1) is 0 Å². The molecule has 0 N–H and O–H groups in total. The quantitative estimate of drug-likeness (QED) is 0.665. The Kier molecular flexibility index (Phi) is 5.10. The van der Waals surface area contributed by atoms with Gasteiger partial charge in [0.2, 0.25) is 0 Å². The van der Waals surface area contributed by atoms with E-state index in [1.54, 1.807) is 5.57 Å². The Balaban J connectivity index is 2.32. The predicted molar refractivity (Wildman–Crippen MR) is 68.0 cm³/mol. The molecular weight excluding hydrogens is 182 g/mol. The summed E-state index contributed by atoms with van der Waals surface area (Å²) in [7, 11) is 2.21. The van der Waals surface area contributed by atoms with Gasteiger partial charge in [-0.25, -0.2) is 0 Å². The highest BCUT2D eigenvalue weighted by molar-refractivity contribution is 5.19. The van der Waals surface area contributed by atoms with Crippen molar-refractivity contribution in [2.75, 3.05) is 13.6 Å². The monoisotopic (exact) mass is 207 g/mol. The summed E-state index contributed by atoms with van der Waals surface area (Å²) in [6, 6.07) is 0.664. The maximum atomic E-state index is 2.43. The molecule has 1 nitrogen and oxygen atoms in total. The molecule has 1 aliphatic rings. The molecule has 0 aliphatic heterocycles. The van der Waals surface area contributed by atoms with Crippen molar-refractivity contribution in [1.29, 1.82) is 0 Å². The molecule has 0 amide bonds. The summed E-state index contributed by atoms with van der Waals surface area (Å²) in [6.45, 7) is 8.08. The summed E-state index contributed by atoms with van der Waals surface area (Å²) in [5.74, 6) is 0.746. The molecule has 0 aromatic rings. The van der Waals surface area contributed by atoms with Crippen molar-refractivity contribution in [3.05, 3.63) is 23.8 Å². The normalized spacial score (nSPS) is 18.4. The number of hydrogen-bond donors (Lipinski definition) is 0. The Hall–Kier alpha value is -0.560. The van der Waals surface area contributed by atoms with E-state index in [0.29, 0.717) is 6.04 Å². The highest BCUT2D eigenvalue weighted by atomic mass is 15.1. The molecule has 15 heavy (non-hydrogen) atoms. The van der Waals surface area contributed by atoms with Crippen LogP contribution in [0.15, 0.2) is 23.8 Å². The van der Waals surface area contributed by atoms with Crippen LogP contribution in [0, 0.1) is 5.92 Å². The van der Waals surface area contributed by atoms with Crippen LogP contribution in [-0.4, -0.2) is 24.5 Å². The van der Waals surface area contributed by atoms with Crippen LogP contribution < -0.4 is 0 Å².